The van der Waals surface area contributed by atoms with Gasteiger partial charge in [-0.2, -0.15) is 0 Å². The van der Waals surface area contributed by atoms with Crippen LogP contribution in [0.3, 0.4) is 0 Å². The first-order valence-corrected chi connectivity index (χ1v) is 14.6. The zero-order valence-electron chi connectivity index (χ0n) is 22.6. The molecule has 5 rings (SSSR count). The number of rotatable bonds is 3. The molecule has 3 aromatic rings. The van der Waals surface area contributed by atoms with Crippen molar-refractivity contribution in [3.63, 3.8) is 0 Å². The highest BCUT2D eigenvalue weighted by molar-refractivity contribution is 7.89. The quantitative estimate of drug-likeness (QED) is 0.458. The number of carbonyl (C=O) groups excluding carboxylic acids is 1. The van der Waals surface area contributed by atoms with Crippen molar-refractivity contribution >= 4 is 21.6 Å². The van der Waals surface area contributed by atoms with E-state index in [1.54, 1.807) is 23.2 Å². The minimum Gasteiger partial charge on any atom is -0.312 e. The molecule has 2 aliphatic rings. The molecule has 6 nitrogen and oxygen atoms in total. The number of benzene rings is 2. The Labute approximate surface area is 220 Å². The van der Waals surface area contributed by atoms with Crippen LogP contribution in [-0.2, 0) is 34.1 Å². The first kappa shape index (κ1) is 30.1. The van der Waals surface area contributed by atoms with Crippen molar-refractivity contribution < 1.29 is 17.6 Å². The Morgan fingerprint density at radius 3 is 2.24 bits per heavy atom. The van der Waals surface area contributed by atoms with Crippen LogP contribution in [0.5, 0.6) is 0 Å². The van der Waals surface area contributed by atoms with E-state index in [2.05, 4.69) is 4.98 Å². The summed E-state index contributed by atoms with van der Waals surface area (Å²) < 4.78 is 37.6. The van der Waals surface area contributed by atoms with Crippen LogP contribution < -0.4 is 10.0 Å². The zero-order valence-corrected chi connectivity index (χ0v) is 23.4. The molecule has 1 aliphatic carbocycles. The summed E-state index contributed by atoms with van der Waals surface area (Å²) in [5, 5.41) is 5.26. The molecule has 0 spiro atoms. The molecule has 1 unspecified atom stereocenters. The molecule has 1 aliphatic heterocycles. The number of fused-ring (bicyclic) bond motifs is 2. The van der Waals surface area contributed by atoms with Crippen molar-refractivity contribution in [1.82, 2.24) is 4.98 Å². The summed E-state index contributed by atoms with van der Waals surface area (Å²) in [6.45, 7) is 12.5. The lowest BCUT2D eigenvalue weighted by atomic mass is 10.0. The number of aromatic nitrogens is 1. The number of hydrogen-bond acceptors (Lipinski definition) is 4. The summed E-state index contributed by atoms with van der Waals surface area (Å²) in [4.78, 5) is 19.1. The molecule has 2 heterocycles. The van der Waals surface area contributed by atoms with Gasteiger partial charge in [-0.1, -0.05) is 59.7 Å². The SMILES string of the molecule is CC.CC.CC.NS(=O)(=O)c1ccc2c(c1)N(C(=O)C1Cc3ccc(-c4ncccc4F)cc3C1)CC2. The Hall–Kier alpha value is -3.10. The van der Waals surface area contributed by atoms with Crippen LogP contribution in [-0.4, -0.2) is 25.9 Å². The van der Waals surface area contributed by atoms with E-state index >= 15 is 0 Å². The second kappa shape index (κ2) is 13.4. The highest BCUT2D eigenvalue weighted by Crippen LogP contribution is 2.36. The van der Waals surface area contributed by atoms with Crippen molar-refractivity contribution in [3.05, 3.63) is 77.2 Å². The van der Waals surface area contributed by atoms with E-state index in [0.29, 0.717) is 42.8 Å². The van der Waals surface area contributed by atoms with Gasteiger partial charge < -0.3 is 4.90 Å². The lowest BCUT2D eigenvalue weighted by Gasteiger charge is -2.21. The predicted octanol–water partition coefficient (Wildman–Crippen LogP) is 5.92. The molecule has 0 bridgehead atoms. The smallest absolute Gasteiger partial charge is 0.238 e. The van der Waals surface area contributed by atoms with Crippen molar-refractivity contribution in [2.45, 2.75) is 65.7 Å². The second-order valence-electron chi connectivity index (χ2n) is 8.00. The number of hydrogen-bond donors (Lipinski definition) is 1. The molecule has 8 heteroatoms. The zero-order chi connectivity index (χ0) is 27.8. The highest BCUT2D eigenvalue weighted by Gasteiger charge is 2.34. The van der Waals surface area contributed by atoms with Crippen LogP contribution in [0.1, 0.15) is 58.2 Å². The molecule has 2 N–H and O–H groups in total. The van der Waals surface area contributed by atoms with Gasteiger partial charge in [-0.15, -0.1) is 0 Å². The van der Waals surface area contributed by atoms with E-state index in [1.165, 1.54) is 18.2 Å². The molecular formula is C29H38FN3O3S. The normalized spacial score (nSPS) is 15.1. The minimum absolute atomic E-state index is 0.00249. The van der Waals surface area contributed by atoms with E-state index in [1.807, 2.05) is 59.7 Å². The minimum atomic E-state index is -3.85. The number of nitrogens with zero attached hydrogens (tertiary/aromatic N) is 2. The van der Waals surface area contributed by atoms with Gasteiger partial charge in [-0.25, -0.2) is 17.9 Å². The Balaban J connectivity index is 0.000000750. The molecule has 1 aromatic heterocycles. The largest absolute Gasteiger partial charge is 0.312 e. The molecule has 2 aromatic carbocycles. The third-order valence-corrected chi connectivity index (χ3v) is 6.98. The number of amides is 1. The number of anilines is 1. The van der Waals surface area contributed by atoms with Crippen molar-refractivity contribution in [2.24, 2.45) is 11.1 Å². The first-order chi connectivity index (χ1) is 17.8. The fraction of sp³-hybridized carbons (Fsp3) is 0.379. The lowest BCUT2D eigenvalue weighted by molar-refractivity contribution is -0.122. The fourth-order valence-corrected chi connectivity index (χ4v) is 5.06. The van der Waals surface area contributed by atoms with Crippen LogP contribution in [0, 0.1) is 11.7 Å². The Morgan fingerprint density at radius 2 is 1.59 bits per heavy atom. The van der Waals surface area contributed by atoms with Gasteiger partial charge in [0.25, 0.3) is 0 Å². The van der Waals surface area contributed by atoms with Crippen molar-refractivity contribution in [2.75, 3.05) is 11.4 Å². The van der Waals surface area contributed by atoms with E-state index in [-0.39, 0.29) is 22.5 Å². The summed E-state index contributed by atoms with van der Waals surface area (Å²) in [7, 11) is -3.85. The van der Waals surface area contributed by atoms with Gasteiger partial charge in [-0.3, -0.25) is 9.78 Å². The predicted molar refractivity (Wildman–Crippen MR) is 148 cm³/mol. The van der Waals surface area contributed by atoms with Crippen molar-refractivity contribution in [3.8, 4) is 11.3 Å². The maximum Gasteiger partial charge on any atom is 0.238 e. The van der Waals surface area contributed by atoms with Crippen LogP contribution >= 0.6 is 0 Å². The molecule has 1 atom stereocenters. The van der Waals surface area contributed by atoms with E-state index in [0.717, 1.165) is 16.7 Å². The van der Waals surface area contributed by atoms with Gasteiger partial charge >= 0.3 is 0 Å². The number of nitrogens with two attached hydrogens (primary N) is 1. The van der Waals surface area contributed by atoms with Crippen LogP contribution in [0.2, 0.25) is 0 Å². The summed E-state index contributed by atoms with van der Waals surface area (Å²) in [6, 6.07) is 13.3. The standard InChI is InChI=1S/C23H20FN3O3S.3C2H6/c24-20-2-1-8-26-22(20)16-4-3-15-10-18(12-17(15)11-16)23(28)27-9-7-14-5-6-19(13-21(14)27)31(25,29)30;3*1-2/h1-6,8,11,13,18H,7,9-10,12H2,(H2,25,29,30);3*1-2H3. The molecule has 37 heavy (non-hydrogen) atoms. The fourth-order valence-electron chi connectivity index (χ4n) is 4.52. The van der Waals surface area contributed by atoms with E-state index in [4.69, 9.17) is 5.14 Å². The lowest BCUT2D eigenvalue weighted by Crippen LogP contribution is -2.35. The number of halogens is 1. The summed E-state index contributed by atoms with van der Waals surface area (Å²) in [5.41, 5.74) is 4.61. The monoisotopic (exact) mass is 527 g/mol. The molecule has 0 saturated carbocycles. The molecular weight excluding hydrogens is 489 g/mol. The molecule has 0 saturated heterocycles. The Bertz CT molecular complexity index is 1330. The third-order valence-electron chi connectivity index (χ3n) is 6.07. The van der Waals surface area contributed by atoms with Gasteiger partial charge in [0.2, 0.25) is 15.9 Å². The third kappa shape index (κ3) is 6.62. The van der Waals surface area contributed by atoms with Gasteiger partial charge in [0, 0.05) is 29.9 Å². The van der Waals surface area contributed by atoms with Crippen LogP contribution in [0.25, 0.3) is 11.3 Å². The Morgan fingerprint density at radius 1 is 0.946 bits per heavy atom. The van der Waals surface area contributed by atoms with Gasteiger partial charge in [0.15, 0.2) is 0 Å². The maximum atomic E-state index is 14.1. The molecule has 0 radical (unpaired) electrons. The molecule has 0 fully saturated rings. The van der Waals surface area contributed by atoms with Crippen molar-refractivity contribution in [1.29, 1.82) is 0 Å². The topological polar surface area (TPSA) is 93.4 Å². The molecule has 200 valence electrons. The van der Waals surface area contributed by atoms with Gasteiger partial charge in [0.1, 0.15) is 11.5 Å². The summed E-state index contributed by atoms with van der Waals surface area (Å²) in [6.07, 6.45) is 3.38. The van der Waals surface area contributed by atoms with Gasteiger partial charge in [-0.05, 0) is 66.3 Å². The number of pyridine rings is 1. The number of carbonyl (C=O) groups is 1. The van der Waals surface area contributed by atoms with Gasteiger partial charge in [0.05, 0.1) is 4.90 Å². The highest BCUT2D eigenvalue weighted by atomic mass is 32.2. The first-order valence-electron chi connectivity index (χ1n) is 13.0. The maximum absolute atomic E-state index is 14.1. The summed E-state index contributed by atoms with van der Waals surface area (Å²) >= 11 is 0. The van der Waals surface area contributed by atoms with E-state index < -0.39 is 10.0 Å². The Kier molecular flexibility index (Phi) is 10.9. The average molecular weight is 528 g/mol. The molecule has 1 amide bonds. The van der Waals surface area contributed by atoms with E-state index in [9.17, 15) is 17.6 Å². The van der Waals surface area contributed by atoms with Crippen LogP contribution in [0.15, 0.2) is 59.6 Å². The second-order valence-corrected chi connectivity index (χ2v) is 9.56. The summed E-state index contributed by atoms with van der Waals surface area (Å²) in [5.74, 6) is -0.664. The average Bonchev–Trinajstić information content (AvgIpc) is 3.55. The number of primary sulfonamides is 1. The number of sulfonamides is 1. The van der Waals surface area contributed by atoms with Crippen LogP contribution in [0.4, 0.5) is 10.1 Å².